The second-order valence-corrected chi connectivity index (χ2v) is 6.52. The summed E-state index contributed by atoms with van der Waals surface area (Å²) in [5.74, 6) is -1.08. The lowest BCUT2D eigenvalue weighted by Crippen LogP contribution is -2.29. The van der Waals surface area contributed by atoms with Crippen LogP contribution in [0.5, 0.6) is 0 Å². The number of amides is 1. The molecule has 6 heteroatoms. The molecule has 0 aliphatic carbocycles. The number of carbonyl (C=O) groups excluding carboxylic acids is 1. The molecule has 0 saturated heterocycles. The summed E-state index contributed by atoms with van der Waals surface area (Å²) in [5, 5.41) is 12.4. The quantitative estimate of drug-likeness (QED) is 0.607. The first-order valence-electron chi connectivity index (χ1n) is 7.71. The van der Waals surface area contributed by atoms with E-state index < -0.39 is 13.9 Å². The highest BCUT2D eigenvalue weighted by Crippen LogP contribution is 2.34. The zero-order valence-corrected chi connectivity index (χ0v) is 14.1. The van der Waals surface area contributed by atoms with Gasteiger partial charge in [-0.3, -0.25) is 4.79 Å². The fraction of sp³-hybridized carbons (Fsp3) is 0.562. The van der Waals surface area contributed by atoms with E-state index in [1.807, 2.05) is 0 Å². The Morgan fingerprint density at radius 2 is 1.91 bits per heavy atom. The molecular formula is C16H25NO4P+. The Morgan fingerprint density at radius 3 is 2.41 bits per heavy atom. The molecule has 1 amide bonds. The molecule has 0 heterocycles. The van der Waals surface area contributed by atoms with E-state index in [1.54, 1.807) is 12.1 Å². The lowest BCUT2D eigenvalue weighted by molar-refractivity contribution is 0.0945. The summed E-state index contributed by atoms with van der Waals surface area (Å²) in [6, 6.07) is 6.11. The Bertz CT molecular complexity index is 489. The summed E-state index contributed by atoms with van der Waals surface area (Å²) in [4.78, 5) is 20.9. The van der Waals surface area contributed by atoms with Gasteiger partial charge in [-0.15, -0.1) is 0 Å². The van der Waals surface area contributed by atoms with Crippen molar-refractivity contribution >= 4 is 13.9 Å². The Kier molecular flexibility index (Phi) is 8.25. The second-order valence-electron chi connectivity index (χ2n) is 5.42. The number of rotatable bonds is 9. The normalized spacial score (nSPS) is 14.3. The van der Waals surface area contributed by atoms with Gasteiger partial charge in [-0.05, 0) is 29.0 Å². The van der Waals surface area contributed by atoms with Crippen LogP contribution in [0.3, 0.4) is 0 Å². The monoisotopic (exact) mass is 326 g/mol. The molecule has 5 nitrogen and oxygen atoms in total. The van der Waals surface area contributed by atoms with Crippen LogP contribution in [0, 0.1) is 5.92 Å². The molecule has 1 rings (SSSR count). The number of aliphatic hydroxyl groups is 1. The third kappa shape index (κ3) is 5.84. The average molecular weight is 326 g/mol. The van der Waals surface area contributed by atoms with Crippen molar-refractivity contribution in [3.63, 3.8) is 0 Å². The highest BCUT2D eigenvalue weighted by molar-refractivity contribution is 7.38. The molecule has 0 aliphatic heterocycles. The Labute approximate surface area is 132 Å². The van der Waals surface area contributed by atoms with E-state index in [4.69, 9.17) is 4.89 Å². The maximum absolute atomic E-state index is 12.1. The van der Waals surface area contributed by atoms with E-state index in [9.17, 15) is 14.5 Å². The van der Waals surface area contributed by atoms with Gasteiger partial charge in [0.15, 0.2) is 0 Å². The summed E-state index contributed by atoms with van der Waals surface area (Å²) in [6.07, 6.45) is 4.47. The van der Waals surface area contributed by atoms with Crippen LogP contribution in [-0.2, 0) is 4.57 Å². The summed E-state index contributed by atoms with van der Waals surface area (Å²) in [5.41, 5.74) is 0.809. The molecule has 3 atom stereocenters. The standard InChI is InChI=1S/C16H24NO4P/c1-3-5-6-12(4-2)11-17-15(18)13-7-9-14(10-8-13)16(19)22(20)21/h7-10,12,16,19H,3-6,11H2,1-2H3,(H-,17,18,20,21)/p+1. The van der Waals surface area contributed by atoms with E-state index in [1.165, 1.54) is 18.6 Å². The van der Waals surface area contributed by atoms with Crippen molar-refractivity contribution in [3.05, 3.63) is 35.4 Å². The van der Waals surface area contributed by atoms with Gasteiger partial charge in [0, 0.05) is 17.7 Å². The van der Waals surface area contributed by atoms with Crippen molar-refractivity contribution in [2.75, 3.05) is 6.54 Å². The second kappa shape index (κ2) is 9.67. The van der Waals surface area contributed by atoms with Crippen LogP contribution in [0.4, 0.5) is 0 Å². The van der Waals surface area contributed by atoms with Crippen molar-refractivity contribution in [2.24, 2.45) is 5.92 Å². The minimum atomic E-state index is -2.68. The lowest BCUT2D eigenvalue weighted by Gasteiger charge is -2.15. The summed E-state index contributed by atoms with van der Waals surface area (Å²) in [7, 11) is -2.68. The van der Waals surface area contributed by atoms with Crippen LogP contribution >= 0.6 is 8.03 Å². The number of aliphatic hydroxyl groups excluding tert-OH is 1. The molecule has 3 N–H and O–H groups in total. The Morgan fingerprint density at radius 1 is 1.27 bits per heavy atom. The van der Waals surface area contributed by atoms with E-state index in [0.29, 0.717) is 23.6 Å². The Balaban J connectivity index is 2.57. The number of unbranched alkanes of at least 4 members (excludes halogenated alkanes) is 1. The molecular weight excluding hydrogens is 301 g/mol. The third-order valence-corrected chi connectivity index (χ3v) is 4.49. The van der Waals surface area contributed by atoms with Gasteiger partial charge in [-0.1, -0.05) is 45.2 Å². The van der Waals surface area contributed by atoms with Crippen LogP contribution in [0.1, 0.15) is 61.3 Å². The SMILES string of the molecule is CCCCC(CC)CNC(=O)c1ccc(C(O)[P+](=O)O)cc1. The minimum absolute atomic E-state index is 0.163. The van der Waals surface area contributed by atoms with Crippen molar-refractivity contribution in [2.45, 2.75) is 45.4 Å². The van der Waals surface area contributed by atoms with E-state index in [2.05, 4.69) is 19.2 Å². The molecule has 3 unspecified atom stereocenters. The number of hydrogen-bond acceptors (Lipinski definition) is 3. The summed E-state index contributed by atoms with van der Waals surface area (Å²) in [6.45, 7) is 4.93. The number of carbonyl (C=O) groups is 1. The van der Waals surface area contributed by atoms with Crippen molar-refractivity contribution in [1.82, 2.24) is 5.32 Å². The molecule has 0 aromatic heterocycles. The topological polar surface area (TPSA) is 86.6 Å². The summed E-state index contributed by atoms with van der Waals surface area (Å²) < 4.78 is 10.8. The number of nitrogens with one attached hydrogen (secondary N) is 1. The van der Waals surface area contributed by atoms with Gasteiger partial charge in [0.2, 0.25) is 0 Å². The van der Waals surface area contributed by atoms with Gasteiger partial charge < -0.3 is 10.4 Å². The fourth-order valence-electron chi connectivity index (χ4n) is 2.22. The first kappa shape index (κ1) is 18.8. The summed E-state index contributed by atoms with van der Waals surface area (Å²) >= 11 is 0. The van der Waals surface area contributed by atoms with Crippen LogP contribution in [0.15, 0.2) is 24.3 Å². The number of benzene rings is 1. The molecule has 0 aliphatic rings. The average Bonchev–Trinajstić information content (AvgIpc) is 2.54. The maximum atomic E-state index is 12.1. The van der Waals surface area contributed by atoms with E-state index >= 15 is 0 Å². The first-order valence-corrected chi connectivity index (χ1v) is 8.99. The number of hydrogen-bond donors (Lipinski definition) is 3. The zero-order chi connectivity index (χ0) is 16.5. The molecule has 0 bridgehead atoms. The van der Waals surface area contributed by atoms with Crippen LogP contribution in [0.2, 0.25) is 0 Å². The third-order valence-electron chi connectivity index (χ3n) is 3.77. The van der Waals surface area contributed by atoms with Gasteiger partial charge in [0.1, 0.15) is 0 Å². The predicted octanol–water partition coefficient (Wildman–Crippen LogP) is 3.36. The zero-order valence-electron chi connectivity index (χ0n) is 13.2. The predicted molar refractivity (Wildman–Crippen MR) is 86.9 cm³/mol. The Hall–Kier alpha value is -1.29. The molecule has 22 heavy (non-hydrogen) atoms. The van der Waals surface area contributed by atoms with Crippen LogP contribution in [0.25, 0.3) is 0 Å². The van der Waals surface area contributed by atoms with Gasteiger partial charge in [-0.25, -0.2) is 0 Å². The smallest absolute Gasteiger partial charge is 0.352 e. The first-order chi connectivity index (χ1) is 10.5. The van der Waals surface area contributed by atoms with Crippen molar-refractivity contribution < 1.29 is 19.4 Å². The van der Waals surface area contributed by atoms with Gasteiger partial charge >= 0.3 is 13.9 Å². The molecule has 122 valence electrons. The van der Waals surface area contributed by atoms with Gasteiger partial charge in [-0.2, -0.15) is 4.89 Å². The minimum Gasteiger partial charge on any atom is -0.352 e. The van der Waals surface area contributed by atoms with Gasteiger partial charge in [0.25, 0.3) is 5.91 Å². The molecule has 0 radical (unpaired) electrons. The lowest BCUT2D eigenvalue weighted by atomic mass is 9.99. The largest absolute Gasteiger partial charge is 0.542 e. The highest BCUT2D eigenvalue weighted by atomic mass is 31.1. The maximum Gasteiger partial charge on any atom is 0.542 e. The van der Waals surface area contributed by atoms with Crippen molar-refractivity contribution in [1.29, 1.82) is 0 Å². The molecule has 1 aromatic rings. The van der Waals surface area contributed by atoms with Crippen LogP contribution < -0.4 is 5.32 Å². The molecule has 1 aromatic carbocycles. The highest BCUT2D eigenvalue weighted by Gasteiger charge is 2.27. The molecule has 0 saturated carbocycles. The molecule has 0 fully saturated rings. The van der Waals surface area contributed by atoms with E-state index in [-0.39, 0.29) is 5.91 Å². The van der Waals surface area contributed by atoms with Gasteiger partial charge in [0.05, 0.1) is 0 Å². The van der Waals surface area contributed by atoms with Crippen LogP contribution in [-0.4, -0.2) is 22.5 Å². The van der Waals surface area contributed by atoms with E-state index in [0.717, 1.165) is 19.3 Å². The fourth-order valence-corrected chi connectivity index (χ4v) is 2.64. The molecule has 0 spiro atoms. The van der Waals surface area contributed by atoms with Crippen molar-refractivity contribution in [3.8, 4) is 0 Å².